The fraction of sp³-hybridized carbons (Fsp3) is 0.556. The molecule has 2 aromatic carbocycles. The van der Waals surface area contributed by atoms with Crippen LogP contribution in [0.2, 0.25) is 5.02 Å². The Labute approximate surface area is 180 Å². The van der Waals surface area contributed by atoms with Crippen molar-refractivity contribution in [3.05, 3.63) is 62.7 Å². The summed E-state index contributed by atoms with van der Waals surface area (Å²) in [5, 5.41) is 0.955. The number of hydrogen-bond acceptors (Lipinski definition) is 1. The maximum Gasteiger partial charge on any atom is 0.127 e. The molecular weight excluding hydrogens is 376 g/mol. The minimum absolute atomic E-state index is 0.611. The standard InChI is InChI=1S/C27H33ClO/c1-17-11-18(2)13-22(12-17)25-16-23(26(28)24-9-10-29-27(24)25)15-19-7-8-20-5-3-4-6-21(20)14-19/h7-8,14,16-18,22H,3-6,9-13,15H2,1-2H3. The Kier molecular flexibility index (Phi) is 5.37. The molecule has 154 valence electrons. The van der Waals surface area contributed by atoms with Crippen LogP contribution in [-0.2, 0) is 25.7 Å². The van der Waals surface area contributed by atoms with Crippen LogP contribution in [0.1, 0.15) is 85.3 Å². The lowest BCUT2D eigenvalue weighted by Gasteiger charge is -2.33. The molecule has 0 aromatic heterocycles. The van der Waals surface area contributed by atoms with Gasteiger partial charge in [0.25, 0.3) is 0 Å². The normalized spacial score (nSPS) is 26.0. The first-order valence-electron chi connectivity index (χ1n) is 11.7. The summed E-state index contributed by atoms with van der Waals surface area (Å²) < 4.78 is 6.13. The summed E-state index contributed by atoms with van der Waals surface area (Å²) in [5.74, 6) is 3.32. The van der Waals surface area contributed by atoms with Crippen molar-refractivity contribution in [2.45, 2.75) is 77.6 Å². The average Bonchev–Trinajstić information content (AvgIpc) is 3.19. The predicted molar refractivity (Wildman–Crippen MR) is 121 cm³/mol. The maximum absolute atomic E-state index is 6.94. The molecule has 1 fully saturated rings. The second-order valence-electron chi connectivity index (χ2n) is 9.95. The van der Waals surface area contributed by atoms with Crippen molar-refractivity contribution in [3.63, 3.8) is 0 Å². The summed E-state index contributed by atoms with van der Waals surface area (Å²) in [7, 11) is 0. The van der Waals surface area contributed by atoms with E-state index in [1.165, 1.54) is 67.2 Å². The third-order valence-corrected chi connectivity index (χ3v) is 7.91. The number of rotatable bonds is 3. The van der Waals surface area contributed by atoms with Crippen molar-refractivity contribution in [2.24, 2.45) is 11.8 Å². The highest BCUT2D eigenvalue weighted by molar-refractivity contribution is 6.32. The third-order valence-electron chi connectivity index (χ3n) is 7.44. The smallest absolute Gasteiger partial charge is 0.127 e. The van der Waals surface area contributed by atoms with Gasteiger partial charge in [0.1, 0.15) is 5.75 Å². The van der Waals surface area contributed by atoms with Crippen LogP contribution in [-0.4, -0.2) is 6.61 Å². The summed E-state index contributed by atoms with van der Waals surface area (Å²) >= 11 is 6.94. The van der Waals surface area contributed by atoms with Gasteiger partial charge in [-0.25, -0.2) is 0 Å². The quantitative estimate of drug-likeness (QED) is 0.518. The molecule has 0 radical (unpaired) electrons. The molecule has 1 saturated carbocycles. The Morgan fingerprint density at radius 2 is 1.69 bits per heavy atom. The molecule has 1 nitrogen and oxygen atoms in total. The highest BCUT2D eigenvalue weighted by Gasteiger charge is 2.31. The molecule has 29 heavy (non-hydrogen) atoms. The molecule has 0 bridgehead atoms. The first-order valence-corrected chi connectivity index (χ1v) is 12.0. The van der Waals surface area contributed by atoms with Gasteiger partial charge in [-0.3, -0.25) is 0 Å². The topological polar surface area (TPSA) is 9.23 Å². The lowest BCUT2D eigenvalue weighted by atomic mass is 9.73. The van der Waals surface area contributed by atoms with Gasteiger partial charge in [0.2, 0.25) is 0 Å². The highest BCUT2D eigenvalue weighted by Crippen LogP contribution is 2.47. The number of benzene rings is 2. The van der Waals surface area contributed by atoms with Gasteiger partial charge in [-0.2, -0.15) is 0 Å². The van der Waals surface area contributed by atoms with E-state index in [0.29, 0.717) is 5.92 Å². The molecule has 0 N–H and O–H groups in total. The Bertz CT molecular complexity index is 905. The first-order chi connectivity index (χ1) is 14.1. The fourth-order valence-corrected chi connectivity index (χ4v) is 6.48. The zero-order valence-electron chi connectivity index (χ0n) is 17.9. The summed E-state index contributed by atoms with van der Waals surface area (Å²) in [6, 6.07) is 9.54. The first kappa shape index (κ1) is 19.5. The van der Waals surface area contributed by atoms with E-state index in [4.69, 9.17) is 16.3 Å². The largest absolute Gasteiger partial charge is 0.493 e. The third kappa shape index (κ3) is 3.83. The molecule has 0 amide bonds. The molecule has 1 heterocycles. The van der Waals surface area contributed by atoms with E-state index in [0.717, 1.165) is 42.1 Å². The van der Waals surface area contributed by atoms with E-state index in [-0.39, 0.29) is 0 Å². The molecule has 3 aliphatic rings. The van der Waals surface area contributed by atoms with Crippen LogP contribution in [0.15, 0.2) is 24.3 Å². The highest BCUT2D eigenvalue weighted by atomic mass is 35.5. The van der Waals surface area contributed by atoms with Crippen molar-refractivity contribution in [3.8, 4) is 5.75 Å². The zero-order valence-corrected chi connectivity index (χ0v) is 18.7. The van der Waals surface area contributed by atoms with E-state index >= 15 is 0 Å². The van der Waals surface area contributed by atoms with Crippen molar-refractivity contribution in [1.82, 2.24) is 0 Å². The Balaban J connectivity index is 1.50. The molecule has 5 rings (SSSR count). The Morgan fingerprint density at radius 1 is 0.931 bits per heavy atom. The number of fused-ring (bicyclic) bond motifs is 2. The molecule has 2 atom stereocenters. The summed E-state index contributed by atoms with van der Waals surface area (Å²) in [5.41, 5.74) is 8.52. The van der Waals surface area contributed by atoms with Crippen LogP contribution in [0.4, 0.5) is 0 Å². The average molecular weight is 409 g/mol. The maximum atomic E-state index is 6.94. The van der Waals surface area contributed by atoms with Gasteiger partial charge in [-0.15, -0.1) is 0 Å². The van der Waals surface area contributed by atoms with Crippen LogP contribution in [0.5, 0.6) is 5.75 Å². The van der Waals surface area contributed by atoms with Gasteiger partial charge in [0, 0.05) is 12.0 Å². The van der Waals surface area contributed by atoms with E-state index in [1.807, 2.05) is 0 Å². The number of ether oxygens (including phenoxy) is 1. The van der Waals surface area contributed by atoms with E-state index in [9.17, 15) is 0 Å². The van der Waals surface area contributed by atoms with Gasteiger partial charge in [-0.1, -0.05) is 43.6 Å². The molecular formula is C27H33ClO. The van der Waals surface area contributed by atoms with Crippen molar-refractivity contribution in [2.75, 3.05) is 6.61 Å². The van der Waals surface area contributed by atoms with Gasteiger partial charge in [-0.05, 0) is 103 Å². The predicted octanol–water partition coefficient (Wildman–Crippen LogP) is 7.28. The lowest BCUT2D eigenvalue weighted by Crippen LogP contribution is -2.19. The fourth-order valence-electron chi connectivity index (χ4n) is 6.18. The molecule has 2 aromatic rings. The minimum atomic E-state index is 0.611. The van der Waals surface area contributed by atoms with Gasteiger partial charge < -0.3 is 4.74 Å². The van der Waals surface area contributed by atoms with Crippen LogP contribution < -0.4 is 4.74 Å². The Morgan fingerprint density at radius 3 is 2.48 bits per heavy atom. The van der Waals surface area contributed by atoms with Crippen LogP contribution >= 0.6 is 11.6 Å². The van der Waals surface area contributed by atoms with Crippen LogP contribution in [0.3, 0.4) is 0 Å². The van der Waals surface area contributed by atoms with Crippen molar-refractivity contribution >= 4 is 11.6 Å². The minimum Gasteiger partial charge on any atom is -0.493 e. The van der Waals surface area contributed by atoms with Crippen LogP contribution in [0.25, 0.3) is 0 Å². The van der Waals surface area contributed by atoms with Crippen molar-refractivity contribution in [1.29, 1.82) is 0 Å². The molecule has 0 saturated heterocycles. The summed E-state index contributed by atoms with van der Waals surface area (Å²) in [6.07, 6.45) is 10.9. The van der Waals surface area contributed by atoms with E-state index in [2.05, 4.69) is 38.1 Å². The molecule has 2 aliphatic carbocycles. The molecule has 2 heteroatoms. The summed E-state index contributed by atoms with van der Waals surface area (Å²) in [6.45, 7) is 5.60. The number of aryl methyl sites for hydroxylation is 2. The molecule has 2 unspecified atom stereocenters. The Hall–Kier alpha value is -1.47. The number of halogens is 1. The van der Waals surface area contributed by atoms with E-state index in [1.54, 1.807) is 11.1 Å². The number of hydrogen-bond donors (Lipinski definition) is 0. The van der Waals surface area contributed by atoms with Crippen LogP contribution in [0, 0.1) is 11.8 Å². The molecule has 0 spiro atoms. The molecule has 1 aliphatic heterocycles. The lowest BCUT2D eigenvalue weighted by molar-refractivity contribution is 0.262. The second kappa shape index (κ2) is 7.99. The van der Waals surface area contributed by atoms with Gasteiger partial charge >= 0.3 is 0 Å². The second-order valence-corrected chi connectivity index (χ2v) is 10.3. The monoisotopic (exact) mass is 408 g/mol. The SMILES string of the molecule is CC1CC(C)CC(c2cc(Cc3ccc4c(c3)CCCC4)c(Cl)c3c2OCC3)C1. The van der Waals surface area contributed by atoms with Crippen molar-refractivity contribution < 1.29 is 4.74 Å². The van der Waals surface area contributed by atoms with Gasteiger partial charge in [0.15, 0.2) is 0 Å². The summed E-state index contributed by atoms with van der Waals surface area (Å²) in [4.78, 5) is 0. The van der Waals surface area contributed by atoms with E-state index < -0.39 is 0 Å². The zero-order chi connectivity index (χ0) is 20.0. The van der Waals surface area contributed by atoms with Gasteiger partial charge in [0.05, 0.1) is 11.6 Å².